The fraction of sp³-hybridized carbons (Fsp3) is 0.538. The summed E-state index contributed by atoms with van der Waals surface area (Å²) in [7, 11) is -3.24. The second-order valence-electron chi connectivity index (χ2n) is 5.50. The van der Waals surface area contributed by atoms with Crippen LogP contribution in [0.2, 0.25) is 0 Å². The number of para-hydroxylation sites is 1. The molecule has 18 heavy (non-hydrogen) atoms. The van der Waals surface area contributed by atoms with Crippen molar-refractivity contribution in [1.82, 2.24) is 5.32 Å². The van der Waals surface area contributed by atoms with Gasteiger partial charge in [-0.05, 0) is 17.5 Å². The third-order valence-electron chi connectivity index (χ3n) is 3.09. The van der Waals surface area contributed by atoms with E-state index in [0.29, 0.717) is 13.1 Å². The number of hydrogen-bond donors (Lipinski definition) is 1. The molecule has 5 heteroatoms. The predicted octanol–water partition coefficient (Wildman–Crippen LogP) is 1.45. The van der Waals surface area contributed by atoms with Gasteiger partial charge < -0.3 is 5.32 Å². The van der Waals surface area contributed by atoms with Crippen LogP contribution in [0.5, 0.6) is 0 Å². The molecule has 1 fully saturated rings. The summed E-state index contributed by atoms with van der Waals surface area (Å²) in [6.07, 6.45) is 0. The minimum Gasteiger partial charge on any atom is -0.315 e. The fourth-order valence-corrected chi connectivity index (χ4v) is 3.74. The zero-order valence-electron chi connectivity index (χ0n) is 10.9. The maximum Gasteiger partial charge on any atom is 0.236 e. The molecule has 0 aliphatic carbocycles. The second kappa shape index (κ2) is 4.90. The predicted molar refractivity (Wildman–Crippen MR) is 74.2 cm³/mol. The molecule has 1 aromatic carbocycles. The number of sulfonamides is 1. The van der Waals surface area contributed by atoms with Crippen molar-refractivity contribution < 1.29 is 8.42 Å². The monoisotopic (exact) mass is 268 g/mol. The molecule has 1 aromatic rings. The van der Waals surface area contributed by atoms with E-state index in [2.05, 4.69) is 19.2 Å². The van der Waals surface area contributed by atoms with Gasteiger partial charge in [0.25, 0.3) is 0 Å². The van der Waals surface area contributed by atoms with Gasteiger partial charge in [0.05, 0.1) is 11.4 Å². The lowest BCUT2D eigenvalue weighted by Gasteiger charge is -2.36. The summed E-state index contributed by atoms with van der Waals surface area (Å²) < 4.78 is 26.2. The summed E-state index contributed by atoms with van der Waals surface area (Å²) in [5, 5.41) is 3.20. The van der Waals surface area contributed by atoms with E-state index in [9.17, 15) is 8.42 Å². The summed E-state index contributed by atoms with van der Waals surface area (Å²) in [6.45, 7) is 6.00. The molecule has 4 nitrogen and oxygen atoms in total. The third kappa shape index (κ3) is 3.03. The molecule has 0 saturated carbocycles. The maximum atomic E-state index is 12.3. The molecule has 0 unspecified atom stereocenters. The van der Waals surface area contributed by atoms with E-state index in [0.717, 1.165) is 12.2 Å². The van der Waals surface area contributed by atoms with E-state index in [-0.39, 0.29) is 11.2 Å². The molecule has 1 N–H and O–H groups in total. The number of anilines is 1. The van der Waals surface area contributed by atoms with E-state index in [1.165, 1.54) is 0 Å². The lowest BCUT2D eigenvalue weighted by atomic mass is 9.93. The molecule has 0 atom stereocenters. The fourth-order valence-electron chi connectivity index (χ4n) is 2.13. The van der Waals surface area contributed by atoms with Crippen LogP contribution >= 0.6 is 0 Å². The van der Waals surface area contributed by atoms with Gasteiger partial charge in [0, 0.05) is 19.6 Å². The Morgan fingerprint density at radius 2 is 1.89 bits per heavy atom. The molecule has 1 saturated heterocycles. The number of nitrogens with one attached hydrogen (secondary N) is 1. The Bertz CT molecular complexity index is 497. The lowest BCUT2D eigenvalue weighted by Crippen LogP contribution is -2.49. The van der Waals surface area contributed by atoms with E-state index in [1.54, 1.807) is 4.31 Å². The molecule has 1 aliphatic rings. The molecule has 2 rings (SSSR count). The van der Waals surface area contributed by atoms with Crippen LogP contribution in [-0.2, 0) is 10.0 Å². The zero-order valence-corrected chi connectivity index (χ0v) is 11.7. The van der Waals surface area contributed by atoms with Gasteiger partial charge in [-0.1, -0.05) is 32.0 Å². The van der Waals surface area contributed by atoms with Crippen LogP contribution < -0.4 is 9.62 Å². The average molecular weight is 268 g/mol. The molecule has 0 radical (unpaired) electrons. The van der Waals surface area contributed by atoms with Gasteiger partial charge in [-0.2, -0.15) is 0 Å². The average Bonchev–Trinajstić information content (AvgIpc) is 2.32. The summed E-state index contributed by atoms with van der Waals surface area (Å²) in [5.74, 6) is 0.151. The van der Waals surface area contributed by atoms with Gasteiger partial charge in [0.1, 0.15) is 0 Å². The van der Waals surface area contributed by atoms with Gasteiger partial charge in [0.2, 0.25) is 10.0 Å². The number of hydrogen-bond acceptors (Lipinski definition) is 3. The van der Waals surface area contributed by atoms with Crippen LogP contribution in [0.4, 0.5) is 5.69 Å². The van der Waals surface area contributed by atoms with Crippen molar-refractivity contribution in [2.24, 2.45) is 5.41 Å². The van der Waals surface area contributed by atoms with Crippen LogP contribution in [0.3, 0.4) is 0 Å². The van der Waals surface area contributed by atoms with Crippen molar-refractivity contribution in [1.29, 1.82) is 0 Å². The molecule has 0 aromatic heterocycles. The molecule has 1 heterocycles. The molecule has 0 spiro atoms. The van der Waals surface area contributed by atoms with Crippen molar-refractivity contribution >= 4 is 15.7 Å². The Morgan fingerprint density at radius 1 is 1.22 bits per heavy atom. The first-order valence-electron chi connectivity index (χ1n) is 6.17. The highest BCUT2D eigenvalue weighted by molar-refractivity contribution is 7.92. The molecule has 0 amide bonds. The van der Waals surface area contributed by atoms with E-state index in [1.807, 2.05) is 30.3 Å². The minimum absolute atomic E-state index is 0.0800. The Kier molecular flexibility index (Phi) is 3.64. The normalized spacial score (nSPS) is 23.1. The molecule has 0 bridgehead atoms. The van der Waals surface area contributed by atoms with Crippen molar-refractivity contribution in [2.45, 2.75) is 13.8 Å². The zero-order chi connectivity index (χ0) is 13.2. The SMILES string of the molecule is CC1(C)CNCCS(=O)(=O)N(c2ccccc2)C1. The Balaban J connectivity index is 2.38. The molecule has 100 valence electrons. The topological polar surface area (TPSA) is 49.4 Å². The van der Waals surface area contributed by atoms with Crippen LogP contribution in [0.25, 0.3) is 0 Å². The van der Waals surface area contributed by atoms with Crippen LogP contribution in [0.15, 0.2) is 30.3 Å². The van der Waals surface area contributed by atoms with E-state index < -0.39 is 10.0 Å². The minimum atomic E-state index is -3.24. The highest BCUT2D eigenvalue weighted by atomic mass is 32.2. The first-order chi connectivity index (χ1) is 8.41. The molecule has 1 aliphatic heterocycles. The number of nitrogens with zero attached hydrogens (tertiary/aromatic N) is 1. The van der Waals surface area contributed by atoms with Crippen molar-refractivity contribution in [2.75, 3.05) is 29.7 Å². The van der Waals surface area contributed by atoms with Crippen molar-refractivity contribution in [3.63, 3.8) is 0 Å². The summed E-state index contributed by atoms with van der Waals surface area (Å²) in [6, 6.07) is 9.34. The van der Waals surface area contributed by atoms with Gasteiger partial charge in [0.15, 0.2) is 0 Å². The van der Waals surface area contributed by atoms with Gasteiger partial charge in [-0.25, -0.2) is 8.42 Å². The quantitative estimate of drug-likeness (QED) is 0.838. The van der Waals surface area contributed by atoms with Crippen LogP contribution in [-0.4, -0.2) is 33.8 Å². The van der Waals surface area contributed by atoms with Gasteiger partial charge in [-0.15, -0.1) is 0 Å². The summed E-state index contributed by atoms with van der Waals surface area (Å²) in [5.41, 5.74) is 0.677. The van der Waals surface area contributed by atoms with Crippen molar-refractivity contribution in [3.8, 4) is 0 Å². The smallest absolute Gasteiger partial charge is 0.236 e. The van der Waals surface area contributed by atoms with E-state index >= 15 is 0 Å². The Labute approximate surface area is 109 Å². The first-order valence-corrected chi connectivity index (χ1v) is 7.78. The lowest BCUT2D eigenvalue weighted by molar-refractivity contribution is 0.351. The van der Waals surface area contributed by atoms with Gasteiger partial charge >= 0.3 is 0 Å². The first kappa shape index (κ1) is 13.4. The van der Waals surface area contributed by atoms with Gasteiger partial charge in [-0.3, -0.25) is 4.31 Å². The Hall–Kier alpha value is -1.07. The van der Waals surface area contributed by atoms with E-state index in [4.69, 9.17) is 0 Å². The maximum absolute atomic E-state index is 12.3. The highest BCUT2D eigenvalue weighted by Crippen LogP contribution is 2.25. The standard InChI is InChI=1S/C13H20N2O2S/c1-13(2)10-14-8-9-18(16,17)15(11-13)12-6-4-3-5-7-12/h3-7,14H,8-11H2,1-2H3. The van der Waals surface area contributed by atoms with Crippen LogP contribution in [0.1, 0.15) is 13.8 Å². The summed E-state index contributed by atoms with van der Waals surface area (Å²) >= 11 is 0. The largest absolute Gasteiger partial charge is 0.315 e. The number of rotatable bonds is 1. The third-order valence-corrected chi connectivity index (χ3v) is 4.82. The van der Waals surface area contributed by atoms with Crippen molar-refractivity contribution in [3.05, 3.63) is 30.3 Å². The molecular weight excluding hydrogens is 248 g/mol. The summed E-state index contributed by atoms with van der Waals surface area (Å²) in [4.78, 5) is 0. The van der Waals surface area contributed by atoms with Crippen LogP contribution in [0, 0.1) is 5.41 Å². The number of benzene rings is 1. The molecular formula is C13H20N2O2S. The second-order valence-corrected chi connectivity index (χ2v) is 7.51. The Morgan fingerprint density at radius 3 is 2.56 bits per heavy atom. The highest BCUT2D eigenvalue weighted by Gasteiger charge is 2.31.